The van der Waals surface area contributed by atoms with E-state index >= 15 is 0 Å². The molecule has 2 atom stereocenters. The predicted molar refractivity (Wildman–Crippen MR) is 182 cm³/mol. The molecule has 2 fully saturated rings. The second-order valence-electron chi connectivity index (χ2n) is 11.4. The Labute approximate surface area is 292 Å². The van der Waals surface area contributed by atoms with Gasteiger partial charge in [0.1, 0.15) is 23.7 Å². The molecule has 2 aromatic carbocycles. The van der Waals surface area contributed by atoms with E-state index in [9.17, 15) is 14.4 Å². The number of nitrogens with two attached hydrogens (primary N) is 1. The third-order valence-corrected chi connectivity index (χ3v) is 10.9. The van der Waals surface area contributed by atoms with Crippen LogP contribution in [0.15, 0.2) is 82.2 Å². The van der Waals surface area contributed by atoms with Crippen LogP contribution in [-0.2, 0) is 31.0 Å². The Balaban J connectivity index is 1.15. The lowest BCUT2D eigenvalue weighted by Crippen LogP contribution is -2.71. The summed E-state index contributed by atoms with van der Waals surface area (Å²) in [5, 5.41) is 18.5. The van der Waals surface area contributed by atoms with E-state index in [0.717, 1.165) is 35.5 Å². The van der Waals surface area contributed by atoms with Gasteiger partial charge in [-0.3, -0.25) is 14.5 Å². The van der Waals surface area contributed by atoms with Crippen molar-refractivity contribution in [2.45, 2.75) is 35.5 Å². The minimum atomic E-state index is -0.957. The van der Waals surface area contributed by atoms with Gasteiger partial charge in [0, 0.05) is 30.1 Å². The zero-order chi connectivity index (χ0) is 33.9. The highest BCUT2D eigenvalue weighted by atomic mass is 32.2. The Morgan fingerprint density at radius 2 is 1.84 bits per heavy atom. The third-order valence-electron chi connectivity index (χ3n) is 7.95. The van der Waals surface area contributed by atoms with Gasteiger partial charge in [-0.25, -0.2) is 9.48 Å². The number of esters is 1. The number of ether oxygens (including phenoxy) is 1. The molecule has 49 heavy (non-hydrogen) atoms. The quantitative estimate of drug-likeness (QED) is 0.0675. The van der Waals surface area contributed by atoms with E-state index in [1.54, 1.807) is 7.05 Å². The lowest BCUT2D eigenvalue weighted by atomic mass is 10.0. The molecule has 4 aromatic rings. The van der Waals surface area contributed by atoms with Crippen molar-refractivity contribution in [3.63, 3.8) is 0 Å². The van der Waals surface area contributed by atoms with E-state index in [0.29, 0.717) is 34.8 Å². The van der Waals surface area contributed by atoms with Crippen LogP contribution in [0.5, 0.6) is 0 Å². The van der Waals surface area contributed by atoms with Crippen LogP contribution < -0.4 is 11.1 Å². The molecule has 0 bridgehead atoms. The molecule has 252 valence electrons. The number of oxime groups is 1. The van der Waals surface area contributed by atoms with Crippen molar-refractivity contribution >= 4 is 63.7 Å². The SMILES string of the molecule is Cn1nnnc1SCC1=C(C(=O)OC(c2ccccc2)c2ccccc2)N2C(=O)[C@@H](NC(=O)/C(=N\OCC3CC3)c3nsc(N)n3)[C@H]2SC1. The van der Waals surface area contributed by atoms with Crippen molar-refractivity contribution in [1.82, 2.24) is 39.8 Å². The van der Waals surface area contributed by atoms with Crippen LogP contribution in [0, 0.1) is 5.92 Å². The van der Waals surface area contributed by atoms with Crippen molar-refractivity contribution in [3.8, 4) is 0 Å². The molecule has 2 amide bonds. The van der Waals surface area contributed by atoms with Gasteiger partial charge in [0.05, 0.1) is 0 Å². The number of carbonyl (C=O) groups is 3. The summed E-state index contributed by atoms with van der Waals surface area (Å²) in [4.78, 5) is 52.6. The van der Waals surface area contributed by atoms with Crippen LogP contribution in [0.4, 0.5) is 5.13 Å². The zero-order valence-corrected chi connectivity index (χ0v) is 28.5. The highest BCUT2D eigenvalue weighted by Crippen LogP contribution is 2.43. The number of aryl methyl sites for hydroxylation is 1. The molecule has 3 N–H and O–H groups in total. The maximum Gasteiger partial charge on any atom is 0.356 e. The van der Waals surface area contributed by atoms with E-state index in [4.69, 9.17) is 15.3 Å². The molecule has 1 saturated carbocycles. The van der Waals surface area contributed by atoms with E-state index in [1.807, 2.05) is 60.7 Å². The third kappa shape index (κ3) is 7.16. The summed E-state index contributed by atoms with van der Waals surface area (Å²) >= 11 is 3.68. The number of hydrogen-bond acceptors (Lipinski definition) is 15. The molecule has 0 spiro atoms. The molecular weight excluding hydrogens is 689 g/mol. The summed E-state index contributed by atoms with van der Waals surface area (Å²) in [6.07, 6.45) is 1.35. The van der Waals surface area contributed by atoms with Gasteiger partial charge in [-0.1, -0.05) is 77.6 Å². The lowest BCUT2D eigenvalue weighted by Gasteiger charge is -2.49. The molecule has 7 rings (SSSR count). The minimum Gasteiger partial charge on any atom is -0.448 e. The Bertz CT molecular complexity index is 1870. The van der Waals surface area contributed by atoms with Crippen LogP contribution in [-0.4, -0.2) is 87.5 Å². The van der Waals surface area contributed by atoms with Gasteiger partial charge in [0.15, 0.2) is 11.2 Å². The van der Waals surface area contributed by atoms with Crippen LogP contribution in [0.25, 0.3) is 0 Å². The highest BCUT2D eigenvalue weighted by molar-refractivity contribution is 8.01. The van der Waals surface area contributed by atoms with Crippen molar-refractivity contribution in [2.24, 2.45) is 18.1 Å². The van der Waals surface area contributed by atoms with E-state index < -0.39 is 35.3 Å². The fourth-order valence-electron chi connectivity index (χ4n) is 5.24. The highest BCUT2D eigenvalue weighted by Gasteiger charge is 2.55. The fourth-order valence-corrected chi connectivity index (χ4v) is 8.01. The molecule has 0 radical (unpaired) electrons. The predicted octanol–water partition coefficient (Wildman–Crippen LogP) is 2.55. The number of anilines is 1. The average Bonchev–Trinajstić information content (AvgIpc) is 3.71. The standard InChI is InChI=1S/C31H30N10O5S3/c1-40-31(35-38-39-40)48-16-20-15-47-28-22(33-26(42)21(25-34-30(32)49-37-25)36-45-14-17-12-13-17)27(43)41(28)23(20)29(44)46-24(18-8-4-2-5-9-18)19-10-6-3-7-11-19/h2-11,17,22,24,28H,12-16H2,1H3,(H,33,42)(H2,32,34,37)/b36-21-/t22-,28-/m1/s1. The molecule has 18 heteroatoms. The van der Waals surface area contributed by atoms with Gasteiger partial charge in [-0.05, 0) is 45.9 Å². The number of amides is 2. The summed E-state index contributed by atoms with van der Waals surface area (Å²) < 4.78 is 11.9. The van der Waals surface area contributed by atoms with Gasteiger partial charge in [0.2, 0.25) is 16.7 Å². The summed E-state index contributed by atoms with van der Waals surface area (Å²) in [6, 6.07) is 17.8. The molecule has 1 aliphatic carbocycles. The number of tetrazole rings is 1. The summed E-state index contributed by atoms with van der Waals surface area (Å²) in [5.41, 5.74) is 7.95. The lowest BCUT2D eigenvalue weighted by molar-refractivity contribution is -0.154. The van der Waals surface area contributed by atoms with Crippen molar-refractivity contribution in [2.75, 3.05) is 23.8 Å². The number of rotatable bonds is 13. The monoisotopic (exact) mass is 718 g/mol. The summed E-state index contributed by atoms with van der Waals surface area (Å²) in [5.74, 6) is -0.707. The number of carbonyl (C=O) groups excluding carboxylic acids is 3. The largest absolute Gasteiger partial charge is 0.448 e. The molecule has 2 aromatic heterocycles. The molecule has 15 nitrogen and oxygen atoms in total. The molecule has 0 unspecified atom stereocenters. The van der Waals surface area contributed by atoms with Crippen LogP contribution in [0.1, 0.15) is 35.9 Å². The van der Waals surface area contributed by atoms with E-state index in [1.165, 1.54) is 33.1 Å². The normalized spacial score (nSPS) is 19.0. The maximum absolute atomic E-state index is 14.2. The first-order valence-corrected chi connectivity index (χ1v) is 18.1. The number of thioether (sulfide) groups is 2. The van der Waals surface area contributed by atoms with Crippen molar-refractivity contribution < 1.29 is 24.0 Å². The van der Waals surface area contributed by atoms with Crippen molar-refractivity contribution in [3.05, 3.63) is 88.9 Å². The van der Waals surface area contributed by atoms with E-state index in [2.05, 4.69) is 35.4 Å². The van der Waals surface area contributed by atoms with Crippen LogP contribution >= 0.6 is 35.1 Å². The smallest absolute Gasteiger partial charge is 0.356 e. The second kappa shape index (κ2) is 14.4. The van der Waals surface area contributed by atoms with Crippen LogP contribution in [0.2, 0.25) is 0 Å². The number of fused-ring (bicyclic) bond motifs is 1. The van der Waals surface area contributed by atoms with Gasteiger partial charge >= 0.3 is 5.97 Å². The van der Waals surface area contributed by atoms with Gasteiger partial charge in [-0.2, -0.15) is 9.36 Å². The van der Waals surface area contributed by atoms with E-state index in [-0.39, 0.29) is 22.4 Å². The number of hydrogen-bond donors (Lipinski definition) is 2. The Kier molecular flexibility index (Phi) is 9.58. The summed E-state index contributed by atoms with van der Waals surface area (Å²) in [6.45, 7) is 0.361. The Morgan fingerprint density at radius 3 is 2.45 bits per heavy atom. The number of nitrogens with zero attached hydrogens (tertiary/aromatic N) is 8. The fraction of sp³-hybridized carbons (Fsp3) is 0.323. The number of benzene rings is 2. The van der Waals surface area contributed by atoms with Gasteiger partial charge in [-0.15, -0.1) is 16.9 Å². The Morgan fingerprint density at radius 1 is 1.12 bits per heavy atom. The first-order valence-electron chi connectivity index (χ1n) is 15.3. The van der Waals surface area contributed by atoms with Gasteiger partial charge in [0.25, 0.3) is 11.8 Å². The Hall–Kier alpha value is -4.81. The molecule has 4 heterocycles. The topological polar surface area (TPSA) is 193 Å². The number of nitrogen functional groups attached to an aromatic ring is 1. The second-order valence-corrected chi connectivity index (χ2v) is 14.3. The van der Waals surface area contributed by atoms with Gasteiger partial charge < -0.3 is 20.6 Å². The number of aromatic nitrogens is 6. The first kappa shape index (κ1) is 32.7. The molecule has 2 aliphatic heterocycles. The molecule has 3 aliphatic rings. The first-order chi connectivity index (χ1) is 23.9. The maximum atomic E-state index is 14.2. The summed E-state index contributed by atoms with van der Waals surface area (Å²) in [7, 11) is 1.72. The van der Waals surface area contributed by atoms with Crippen molar-refractivity contribution in [1.29, 1.82) is 0 Å². The minimum absolute atomic E-state index is 0.00493. The molecule has 1 saturated heterocycles. The number of β-lactam (4-membered cyclic amide) rings is 1. The van der Waals surface area contributed by atoms with Crippen LogP contribution in [0.3, 0.4) is 0 Å². The molecular formula is C31H30N10O5S3. The number of nitrogens with one attached hydrogen (secondary N) is 1. The average molecular weight is 719 g/mol. The zero-order valence-electron chi connectivity index (χ0n) is 26.0.